The number of halogens is 3. The molecular weight excluding hydrogens is 413 g/mol. The molecule has 3 heterocycles. The average molecular weight is 434 g/mol. The van der Waals surface area contributed by atoms with Crippen molar-refractivity contribution in [3.05, 3.63) is 46.8 Å². The Labute approximate surface area is 176 Å². The number of aliphatic hydroxyl groups excluding tert-OH is 1. The third kappa shape index (κ3) is 3.74. The maximum Gasteiger partial charge on any atom is 0.417 e. The van der Waals surface area contributed by atoms with Crippen LogP contribution in [0.5, 0.6) is 0 Å². The van der Waals surface area contributed by atoms with Crippen LogP contribution in [0.3, 0.4) is 0 Å². The minimum atomic E-state index is -4.64. The van der Waals surface area contributed by atoms with Crippen LogP contribution in [0.2, 0.25) is 0 Å². The fourth-order valence-electron chi connectivity index (χ4n) is 4.67. The van der Waals surface area contributed by atoms with E-state index in [0.29, 0.717) is 37.5 Å². The van der Waals surface area contributed by atoms with E-state index in [1.54, 1.807) is 28.9 Å². The van der Waals surface area contributed by atoms with E-state index >= 15 is 0 Å². The number of amides is 1. The van der Waals surface area contributed by atoms with Gasteiger partial charge in [0.05, 0.1) is 23.8 Å². The predicted molar refractivity (Wildman–Crippen MR) is 103 cm³/mol. The van der Waals surface area contributed by atoms with Crippen LogP contribution in [0.25, 0.3) is 0 Å². The Bertz CT molecular complexity index is 1050. The van der Waals surface area contributed by atoms with Gasteiger partial charge in [0.15, 0.2) is 5.69 Å². The molecule has 2 aliphatic heterocycles. The Morgan fingerprint density at radius 3 is 2.77 bits per heavy atom. The highest BCUT2D eigenvalue weighted by atomic mass is 19.4. The fraction of sp³-hybridized carbons (Fsp3) is 0.476. The van der Waals surface area contributed by atoms with Gasteiger partial charge in [-0.3, -0.25) is 4.79 Å². The van der Waals surface area contributed by atoms with Gasteiger partial charge in [-0.25, -0.2) is 0 Å². The van der Waals surface area contributed by atoms with Crippen molar-refractivity contribution in [1.82, 2.24) is 10.1 Å². The normalized spacial score (nSPS) is 23.5. The highest BCUT2D eigenvalue weighted by molar-refractivity contribution is 5.92. The van der Waals surface area contributed by atoms with Gasteiger partial charge < -0.3 is 19.4 Å². The monoisotopic (exact) mass is 434 g/mol. The third-order valence-electron chi connectivity index (χ3n) is 6.31. The SMILES string of the molecule is Cc1cc(C(=O)N2CC[C@H]3CN(c4ccc(C#N)c(C(F)(F)F)c4)C[C@@]3(CO)C2)no1. The number of likely N-dealkylation sites (tertiary alicyclic amines) is 1. The molecule has 0 bridgehead atoms. The number of benzene rings is 1. The molecule has 1 aromatic heterocycles. The van der Waals surface area contributed by atoms with E-state index in [4.69, 9.17) is 9.78 Å². The molecule has 1 N–H and O–H groups in total. The topological polar surface area (TPSA) is 93.6 Å². The molecule has 7 nitrogen and oxygen atoms in total. The molecule has 2 saturated heterocycles. The largest absolute Gasteiger partial charge is 0.417 e. The van der Waals surface area contributed by atoms with E-state index in [-0.39, 0.29) is 30.7 Å². The van der Waals surface area contributed by atoms with Crippen molar-refractivity contribution >= 4 is 11.6 Å². The summed E-state index contributed by atoms with van der Waals surface area (Å²) in [5.41, 5.74) is -1.51. The van der Waals surface area contributed by atoms with Crippen LogP contribution >= 0.6 is 0 Å². The van der Waals surface area contributed by atoms with Crippen LogP contribution in [0.1, 0.15) is 33.8 Å². The number of nitriles is 1. The third-order valence-corrected chi connectivity index (χ3v) is 6.31. The Balaban J connectivity index is 1.58. The van der Waals surface area contributed by atoms with Gasteiger partial charge in [-0.2, -0.15) is 18.4 Å². The molecule has 0 saturated carbocycles. The van der Waals surface area contributed by atoms with Gasteiger partial charge in [0.2, 0.25) is 0 Å². The van der Waals surface area contributed by atoms with Crippen molar-refractivity contribution in [2.24, 2.45) is 11.3 Å². The number of fused-ring (bicyclic) bond motifs is 1. The Morgan fingerprint density at radius 2 is 2.16 bits per heavy atom. The number of aliphatic hydroxyl groups is 1. The number of alkyl halides is 3. The van der Waals surface area contributed by atoms with Crippen molar-refractivity contribution < 1.29 is 27.6 Å². The van der Waals surface area contributed by atoms with Gasteiger partial charge in [-0.1, -0.05) is 5.16 Å². The molecule has 10 heteroatoms. The number of piperidine rings is 1. The van der Waals surface area contributed by atoms with Gasteiger partial charge in [0.1, 0.15) is 5.76 Å². The smallest absolute Gasteiger partial charge is 0.396 e. The number of carbonyl (C=O) groups excluding carboxylic acids is 1. The second kappa shape index (κ2) is 7.57. The second-order valence-corrected chi connectivity index (χ2v) is 8.28. The van der Waals surface area contributed by atoms with E-state index in [0.717, 1.165) is 6.07 Å². The predicted octanol–water partition coefficient (Wildman–Crippen LogP) is 2.83. The summed E-state index contributed by atoms with van der Waals surface area (Å²) in [5.74, 6) is 0.244. The van der Waals surface area contributed by atoms with Crippen molar-refractivity contribution in [3.63, 3.8) is 0 Å². The first-order valence-electron chi connectivity index (χ1n) is 9.86. The molecular formula is C21H21F3N4O3. The van der Waals surface area contributed by atoms with Crippen molar-refractivity contribution in [1.29, 1.82) is 5.26 Å². The lowest BCUT2D eigenvalue weighted by Gasteiger charge is -2.42. The molecule has 31 heavy (non-hydrogen) atoms. The van der Waals surface area contributed by atoms with Crippen LogP contribution in [-0.2, 0) is 6.18 Å². The van der Waals surface area contributed by atoms with Crippen LogP contribution in [-0.4, -0.2) is 53.9 Å². The van der Waals surface area contributed by atoms with Gasteiger partial charge in [-0.15, -0.1) is 0 Å². The van der Waals surface area contributed by atoms with Crippen LogP contribution in [0.15, 0.2) is 28.8 Å². The molecule has 2 aliphatic rings. The van der Waals surface area contributed by atoms with E-state index < -0.39 is 22.7 Å². The summed E-state index contributed by atoms with van der Waals surface area (Å²) in [4.78, 5) is 16.2. The molecule has 4 rings (SSSR count). The standard InChI is InChI=1S/C21H21F3N4O3/c1-13-6-18(26-31-13)19(30)27-5-4-15-9-28(11-20(15,10-27)12-29)16-3-2-14(8-25)17(7-16)21(22,23)24/h2-3,6-7,15,29H,4-5,9-12H2,1H3/t15-,20+/m0/s1. The number of rotatable bonds is 3. The van der Waals surface area contributed by atoms with Gasteiger partial charge in [-0.05, 0) is 37.5 Å². The highest BCUT2D eigenvalue weighted by Crippen LogP contribution is 2.44. The molecule has 1 aromatic carbocycles. The Morgan fingerprint density at radius 1 is 1.39 bits per heavy atom. The molecule has 0 aliphatic carbocycles. The van der Waals surface area contributed by atoms with Crippen LogP contribution in [0, 0.1) is 29.6 Å². The minimum absolute atomic E-state index is 0.0191. The maximum atomic E-state index is 13.4. The zero-order chi connectivity index (χ0) is 22.4. The maximum absolute atomic E-state index is 13.4. The summed E-state index contributed by atoms with van der Waals surface area (Å²) in [7, 11) is 0. The summed E-state index contributed by atoms with van der Waals surface area (Å²) in [5, 5.41) is 23.0. The zero-order valence-electron chi connectivity index (χ0n) is 16.8. The highest BCUT2D eigenvalue weighted by Gasteiger charge is 2.50. The summed E-state index contributed by atoms with van der Waals surface area (Å²) in [6.07, 6.45) is -4.02. The first-order chi connectivity index (χ1) is 14.7. The first kappa shape index (κ1) is 21.2. The van der Waals surface area contributed by atoms with Gasteiger partial charge >= 0.3 is 6.18 Å². The molecule has 0 radical (unpaired) electrons. The van der Waals surface area contributed by atoms with Gasteiger partial charge in [0, 0.05) is 43.3 Å². The number of anilines is 1. The number of aromatic nitrogens is 1. The zero-order valence-corrected chi connectivity index (χ0v) is 16.8. The summed E-state index contributed by atoms with van der Waals surface area (Å²) >= 11 is 0. The lowest BCUT2D eigenvalue weighted by atomic mass is 9.74. The van der Waals surface area contributed by atoms with Crippen LogP contribution in [0.4, 0.5) is 18.9 Å². The number of hydrogen-bond acceptors (Lipinski definition) is 6. The van der Waals surface area contributed by atoms with E-state index in [2.05, 4.69) is 5.16 Å². The number of aryl methyl sites for hydroxylation is 1. The molecule has 164 valence electrons. The summed E-state index contributed by atoms with van der Waals surface area (Å²) in [6.45, 7) is 3.00. The van der Waals surface area contributed by atoms with Gasteiger partial charge in [0.25, 0.3) is 5.91 Å². The lowest BCUT2D eigenvalue weighted by Crippen LogP contribution is -2.52. The van der Waals surface area contributed by atoms with Crippen molar-refractivity contribution in [3.8, 4) is 6.07 Å². The molecule has 2 fully saturated rings. The number of nitrogens with zero attached hydrogens (tertiary/aromatic N) is 4. The van der Waals surface area contributed by atoms with E-state index in [1.165, 1.54) is 12.1 Å². The molecule has 0 unspecified atom stereocenters. The molecule has 2 atom stereocenters. The Hall–Kier alpha value is -3.06. The van der Waals surface area contributed by atoms with E-state index in [9.17, 15) is 23.1 Å². The van der Waals surface area contributed by atoms with Crippen molar-refractivity contribution in [2.75, 3.05) is 37.7 Å². The quantitative estimate of drug-likeness (QED) is 0.799. The Kier molecular flexibility index (Phi) is 5.17. The van der Waals surface area contributed by atoms with Crippen LogP contribution < -0.4 is 4.90 Å². The van der Waals surface area contributed by atoms with Crippen molar-refractivity contribution in [2.45, 2.75) is 19.5 Å². The average Bonchev–Trinajstić information content (AvgIpc) is 3.35. The second-order valence-electron chi connectivity index (χ2n) is 8.28. The van der Waals surface area contributed by atoms with E-state index in [1.807, 2.05) is 0 Å². The molecule has 1 amide bonds. The molecule has 0 spiro atoms. The molecule has 2 aromatic rings. The summed E-state index contributed by atoms with van der Waals surface area (Å²) in [6, 6.07) is 6.80. The fourth-order valence-corrected chi connectivity index (χ4v) is 4.67. The number of carbonyl (C=O) groups is 1. The first-order valence-corrected chi connectivity index (χ1v) is 9.86. The minimum Gasteiger partial charge on any atom is -0.396 e. The lowest BCUT2D eigenvalue weighted by molar-refractivity contribution is -0.137. The summed E-state index contributed by atoms with van der Waals surface area (Å²) < 4.78 is 45.1. The number of hydrogen-bond donors (Lipinski definition) is 1.